The Morgan fingerprint density at radius 2 is 1.90 bits per heavy atom. The summed E-state index contributed by atoms with van der Waals surface area (Å²) in [5.41, 5.74) is 2.17. The summed E-state index contributed by atoms with van der Waals surface area (Å²) in [6.45, 7) is 3.91. The number of rotatable bonds is 7. The van der Waals surface area contributed by atoms with Crippen LogP contribution < -0.4 is 10.2 Å². The van der Waals surface area contributed by atoms with Gasteiger partial charge in [0.2, 0.25) is 0 Å². The lowest BCUT2D eigenvalue weighted by atomic mass is 9.99. The molecule has 1 N–H and O–H groups in total. The van der Waals surface area contributed by atoms with E-state index in [1.54, 1.807) is 6.07 Å². The summed E-state index contributed by atoms with van der Waals surface area (Å²) in [4.78, 5) is 36.4. The summed E-state index contributed by atoms with van der Waals surface area (Å²) in [6, 6.07) is 13.4. The standard InChI is InChI=1S/C23H25N3O5/c1-17-11-13-25(14-12-17)20-8-6-19(7-9-20)24-22(27)16-31-23(28)10-5-18-3-2-4-21(15-18)26(29)30/h2-10,15,17H,11-14,16H2,1H3,(H,24,27)/b10-5+. The lowest BCUT2D eigenvalue weighted by molar-refractivity contribution is -0.384. The van der Waals surface area contributed by atoms with Gasteiger partial charge in [-0.1, -0.05) is 19.1 Å². The Bertz CT molecular complexity index is 963. The van der Waals surface area contributed by atoms with E-state index in [0.717, 1.165) is 30.8 Å². The van der Waals surface area contributed by atoms with E-state index in [1.165, 1.54) is 37.1 Å². The van der Waals surface area contributed by atoms with Crippen molar-refractivity contribution in [3.05, 3.63) is 70.3 Å². The molecule has 8 heteroatoms. The van der Waals surface area contributed by atoms with Crippen molar-refractivity contribution in [3.8, 4) is 0 Å². The number of nitro benzene ring substituents is 1. The van der Waals surface area contributed by atoms with E-state index in [2.05, 4.69) is 17.1 Å². The number of amides is 1. The quantitative estimate of drug-likeness (QED) is 0.312. The smallest absolute Gasteiger partial charge is 0.331 e. The first-order valence-electron chi connectivity index (χ1n) is 10.1. The number of nitrogens with one attached hydrogen (secondary N) is 1. The molecule has 0 saturated carbocycles. The zero-order valence-corrected chi connectivity index (χ0v) is 17.3. The number of hydrogen-bond donors (Lipinski definition) is 1. The Hall–Kier alpha value is -3.68. The zero-order valence-electron chi connectivity index (χ0n) is 17.3. The van der Waals surface area contributed by atoms with E-state index >= 15 is 0 Å². The topological polar surface area (TPSA) is 102 Å². The molecule has 0 spiro atoms. The van der Waals surface area contributed by atoms with E-state index in [-0.39, 0.29) is 5.69 Å². The highest BCUT2D eigenvalue weighted by molar-refractivity contribution is 5.94. The second-order valence-electron chi connectivity index (χ2n) is 7.56. The number of nitrogens with zero attached hydrogens (tertiary/aromatic N) is 2. The van der Waals surface area contributed by atoms with Gasteiger partial charge in [0.25, 0.3) is 11.6 Å². The Labute approximate surface area is 180 Å². The van der Waals surface area contributed by atoms with E-state index in [9.17, 15) is 19.7 Å². The molecule has 3 rings (SSSR count). The molecule has 8 nitrogen and oxygen atoms in total. The van der Waals surface area contributed by atoms with Crippen molar-refractivity contribution in [1.82, 2.24) is 0 Å². The van der Waals surface area contributed by atoms with Gasteiger partial charge < -0.3 is 15.0 Å². The lowest BCUT2D eigenvalue weighted by Gasteiger charge is -2.32. The van der Waals surface area contributed by atoms with E-state index < -0.39 is 23.4 Å². The summed E-state index contributed by atoms with van der Waals surface area (Å²) in [5.74, 6) is -0.397. The lowest BCUT2D eigenvalue weighted by Crippen LogP contribution is -2.32. The van der Waals surface area contributed by atoms with Crippen LogP contribution in [0.2, 0.25) is 0 Å². The number of hydrogen-bond acceptors (Lipinski definition) is 6. The van der Waals surface area contributed by atoms with Gasteiger partial charge in [-0.2, -0.15) is 0 Å². The summed E-state index contributed by atoms with van der Waals surface area (Å²) in [5, 5.41) is 13.5. The van der Waals surface area contributed by atoms with Crippen LogP contribution in [0.1, 0.15) is 25.3 Å². The molecule has 0 bridgehead atoms. The van der Waals surface area contributed by atoms with Crippen LogP contribution in [-0.4, -0.2) is 36.5 Å². The summed E-state index contributed by atoms with van der Waals surface area (Å²) in [7, 11) is 0. The average Bonchev–Trinajstić information content (AvgIpc) is 2.77. The summed E-state index contributed by atoms with van der Waals surface area (Å²) >= 11 is 0. The van der Waals surface area contributed by atoms with Crippen molar-refractivity contribution in [2.75, 3.05) is 29.9 Å². The van der Waals surface area contributed by atoms with Crippen LogP contribution in [0.25, 0.3) is 6.08 Å². The number of anilines is 2. The van der Waals surface area contributed by atoms with Crippen LogP contribution in [0.5, 0.6) is 0 Å². The number of carbonyl (C=O) groups is 2. The molecular formula is C23H25N3O5. The van der Waals surface area contributed by atoms with Crippen molar-refractivity contribution in [2.45, 2.75) is 19.8 Å². The molecule has 2 aromatic carbocycles. The molecule has 1 fully saturated rings. The van der Waals surface area contributed by atoms with Crippen molar-refractivity contribution in [1.29, 1.82) is 0 Å². The van der Waals surface area contributed by atoms with Crippen molar-refractivity contribution in [2.24, 2.45) is 5.92 Å². The molecule has 31 heavy (non-hydrogen) atoms. The molecule has 1 heterocycles. The minimum Gasteiger partial charge on any atom is -0.452 e. The van der Waals surface area contributed by atoms with Gasteiger partial charge in [0, 0.05) is 42.7 Å². The normalized spacial score (nSPS) is 14.4. The van der Waals surface area contributed by atoms with Gasteiger partial charge in [-0.05, 0) is 54.7 Å². The zero-order chi connectivity index (χ0) is 22.2. The number of nitro groups is 1. The fraction of sp³-hybridized carbons (Fsp3) is 0.304. The molecule has 1 amide bonds. The van der Waals surface area contributed by atoms with Gasteiger partial charge in [-0.15, -0.1) is 0 Å². The third-order valence-corrected chi connectivity index (χ3v) is 5.14. The monoisotopic (exact) mass is 423 g/mol. The van der Waals surface area contributed by atoms with Gasteiger partial charge >= 0.3 is 5.97 Å². The Balaban J connectivity index is 1.45. The largest absolute Gasteiger partial charge is 0.452 e. The second kappa shape index (κ2) is 10.4. The first-order chi connectivity index (χ1) is 14.9. The van der Waals surface area contributed by atoms with Gasteiger partial charge in [0.15, 0.2) is 6.61 Å². The SMILES string of the molecule is CC1CCN(c2ccc(NC(=O)COC(=O)/C=C/c3cccc([N+](=O)[O-])c3)cc2)CC1. The molecule has 0 radical (unpaired) electrons. The molecule has 0 unspecified atom stereocenters. The molecule has 1 saturated heterocycles. The number of ether oxygens (including phenoxy) is 1. The van der Waals surface area contributed by atoms with Gasteiger partial charge in [-0.25, -0.2) is 4.79 Å². The minimum atomic E-state index is -0.712. The van der Waals surface area contributed by atoms with Gasteiger partial charge in [0.1, 0.15) is 0 Å². The molecule has 0 atom stereocenters. The van der Waals surface area contributed by atoms with Crippen LogP contribution in [0.3, 0.4) is 0 Å². The predicted octanol–water partition coefficient (Wildman–Crippen LogP) is 4.03. The highest BCUT2D eigenvalue weighted by Gasteiger charge is 2.16. The highest BCUT2D eigenvalue weighted by atomic mass is 16.6. The number of esters is 1. The maximum absolute atomic E-state index is 12.0. The summed E-state index contributed by atoms with van der Waals surface area (Å²) < 4.78 is 4.92. The van der Waals surface area contributed by atoms with Crippen LogP contribution in [0.15, 0.2) is 54.6 Å². The molecule has 0 aromatic heterocycles. The Kier molecular flexibility index (Phi) is 7.37. The number of carbonyl (C=O) groups excluding carboxylic acids is 2. The molecule has 1 aliphatic heterocycles. The Morgan fingerprint density at radius 3 is 2.58 bits per heavy atom. The second-order valence-corrected chi connectivity index (χ2v) is 7.56. The van der Waals surface area contributed by atoms with Crippen molar-refractivity contribution in [3.63, 3.8) is 0 Å². The van der Waals surface area contributed by atoms with Crippen LogP contribution in [0.4, 0.5) is 17.1 Å². The minimum absolute atomic E-state index is 0.0734. The van der Waals surface area contributed by atoms with Crippen molar-refractivity contribution < 1.29 is 19.2 Å². The third kappa shape index (κ3) is 6.67. The molecular weight excluding hydrogens is 398 g/mol. The molecule has 1 aliphatic rings. The molecule has 162 valence electrons. The van der Waals surface area contributed by atoms with Crippen LogP contribution in [0, 0.1) is 16.0 Å². The fourth-order valence-electron chi connectivity index (χ4n) is 3.31. The van der Waals surface area contributed by atoms with Crippen LogP contribution >= 0.6 is 0 Å². The van der Waals surface area contributed by atoms with E-state index in [4.69, 9.17) is 4.74 Å². The number of benzene rings is 2. The average molecular weight is 423 g/mol. The van der Waals surface area contributed by atoms with Gasteiger partial charge in [0.05, 0.1) is 4.92 Å². The van der Waals surface area contributed by atoms with E-state index in [0.29, 0.717) is 11.3 Å². The predicted molar refractivity (Wildman–Crippen MR) is 119 cm³/mol. The first kappa shape index (κ1) is 22.0. The molecule has 0 aliphatic carbocycles. The third-order valence-electron chi connectivity index (χ3n) is 5.14. The highest BCUT2D eigenvalue weighted by Crippen LogP contribution is 2.24. The number of non-ortho nitro benzene ring substituents is 1. The maximum atomic E-state index is 12.0. The van der Waals surface area contributed by atoms with Gasteiger partial charge in [-0.3, -0.25) is 14.9 Å². The first-order valence-corrected chi connectivity index (χ1v) is 10.1. The van der Waals surface area contributed by atoms with E-state index in [1.807, 2.05) is 24.3 Å². The van der Waals surface area contributed by atoms with Crippen molar-refractivity contribution >= 4 is 35.0 Å². The number of piperidine rings is 1. The Morgan fingerprint density at radius 1 is 1.19 bits per heavy atom. The van der Waals surface area contributed by atoms with Crippen LogP contribution in [-0.2, 0) is 14.3 Å². The fourth-order valence-corrected chi connectivity index (χ4v) is 3.31. The maximum Gasteiger partial charge on any atom is 0.331 e. The molecule has 2 aromatic rings. The summed E-state index contributed by atoms with van der Waals surface area (Å²) in [6.07, 6.45) is 4.88.